The van der Waals surface area contributed by atoms with E-state index in [0.717, 1.165) is 24.1 Å². The monoisotopic (exact) mass is 459 g/mol. The first-order chi connectivity index (χ1) is 16.6. The molecule has 1 aliphatic heterocycles. The van der Waals surface area contributed by atoms with Gasteiger partial charge in [-0.25, -0.2) is 9.37 Å². The zero-order valence-electron chi connectivity index (χ0n) is 18.6. The number of hydrogen-bond acceptors (Lipinski definition) is 6. The first kappa shape index (κ1) is 20.5. The molecule has 0 saturated heterocycles. The summed E-state index contributed by atoms with van der Waals surface area (Å²) in [5.41, 5.74) is 5.09. The smallest absolute Gasteiger partial charge is 0.255 e. The van der Waals surface area contributed by atoms with E-state index in [4.69, 9.17) is 9.47 Å². The summed E-state index contributed by atoms with van der Waals surface area (Å²) in [7, 11) is 2.97. The van der Waals surface area contributed by atoms with Crippen LogP contribution < -0.4 is 20.1 Å². The normalized spacial score (nSPS) is 18.5. The molecular formula is C25H22FN5O3. The second kappa shape index (κ2) is 7.72. The Kier molecular flexibility index (Phi) is 4.65. The lowest BCUT2D eigenvalue weighted by atomic mass is 9.74. The van der Waals surface area contributed by atoms with Crippen LogP contribution in [0, 0.1) is 5.82 Å². The topological polar surface area (TPSA) is 101 Å². The molecule has 1 amide bonds. The van der Waals surface area contributed by atoms with Crippen molar-refractivity contribution in [3.63, 3.8) is 0 Å². The zero-order valence-corrected chi connectivity index (χ0v) is 18.6. The zero-order chi connectivity index (χ0) is 23.4. The molecule has 0 radical (unpaired) electrons. The number of benzene rings is 1. The Morgan fingerprint density at radius 3 is 2.76 bits per heavy atom. The average molecular weight is 459 g/mol. The maximum atomic E-state index is 14.4. The van der Waals surface area contributed by atoms with Crippen molar-refractivity contribution in [2.75, 3.05) is 19.5 Å². The van der Waals surface area contributed by atoms with Gasteiger partial charge in [-0.3, -0.25) is 9.78 Å². The van der Waals surface area contributed by atoms with E-state index < -0.39 is 5.82 Å². The van der Waals surface area contributed by atoms with Crippen molar-refractivity contribution in [2.24, 2.45) is 0 Å². The number of nitrogens with zero attached hydrogens (tertiary/aromatic N) is 2. The van der Waals surface area contributed by atoms with Gasteiger partial charge in [-0.05, 0) is 37.1 Å². The van der Waals surface area contributed by atoms with Gasteiger partial charge >= 0.3 is 0 Å². The molecule has 34 heavy (non-hydrogen) atoms. The largest absolute Gasteiger partial charge is 0.492 e. The van der Waals surface area contributed by atoms with Gasteiger partial charge in [-0.15, -0.1) is 0 Å². The van der Waals surface area contributed by atoms with E-state index in [2.05, 4.69) is 25.6 Å². The highest BCUT2D eigenvalue weighted by Crippen LogP contribution is 2.48. The van der Waals surface area contributed by atoms with Gasteiger partial charge in [0, 0.05) is 35.5 Å². The maximum Gasteiger partial charge on any atom is 0.255 e. The first-order valence-electron chi connectivity index (χ1n) is 11.1. The van der Waals surface area contributed by atoms with E-state index in [9.17, 15) is 9.18 Å². The summed E-state index contributed by atoms with van der Waals surface area (Å²) in [6.45, 7) is 0. The minimum Gasteiger partial charge on any atom is -0.492 e. The number of H-pyrrole nitrogens is 1. The highest BCUT2D eigenvalue weighted by Gasteiger charge is 2.43. The number of hydrogen-bond donors (Lipinski definition) is 3. The number of carbonyl (C=O) groups is 1. The van der Waals surface area contributed by atoms with Crippen LogP contribution in [-0.4, -0.2) is 41.1 Å². The Morgan fingerprint density at radius 1 is 1.12 bits per heavy atom. The molecule has 4 aromatic rings. The fraction of sp³-hybridized carbons (Fsp3) is 0.240. The van der Waals surface area contributed by atoms with Gasteiger partial charge in [0.15, 0.2) is 11.6 Å². The summed E-state index contributed by atoms with van der Waals surface area (Å²) in [5, 5.41) is 6.39. The summed E-state index contributed by atoms with van der Waals surface area (Å²) < 4.78 is 25.1. The molecule has 172 valence electrons. The first-order valence-corrected chi connectivity index (χ1v) is 11.1. The van der Waals surface area contributed by atoms with Crippen LogP contribution in [0.2, 0.25) is 0 Å². The van der Waals surface area contributed by atoms with Crippen LogP contribution >= 0.6 is 0 Å². The predicted molar refractivity (Wildman–Crippen MR) is 125 cm³/mol. The molecule has 1 aromatic carbocycles. The van der Waals surface area contributed by atoms with Crippen LogP contribution in [-0.2, 0) is 0 Å². The van der Waals surface area contributed by atoms with E-state index in [1.807, 2.05) is 12.1 Å². The molecule has 3 aromatic heterocycles. The fourth-order valence-corrected chi connectivity index (χ4v) is 4.89. The quantitative estimate of drug-likeness (QED) is 0.406. The Hall–Kier alpha value is -4.14. The summed E-state index contributed by atoms with van der Waals surface area (Å²) in [4.78, 5) is 25.8. The number of anilines is 2. The molecule has 2 aliphatic rings. The lowest BCUT2D eigenvalue weighted by molar-refractivity contribution is 0.0878. The number of aromatic amines is 1. The Morgan fingerprint density at radius 2 is 2.00 bits per heavy atom. The van der Waals surface area contributed by atoms with Crippen LogP contribution in [0.1, 0.15) is 34.8 Å². The van der Waals surface area contributed by atoms with Crippen molar-refractivity contribution in [1.29, 1.82) is 0 Å². The number of methoxy groups -OCH3 is 2. The van der Waals surface area contributed by atoms with Gasteiger partial charge in [-0.1, -0.05) is 6.07 Å². The SMILES string of the molecule is COc1ccc2nccc(-c3[nH]c4c(c3Nc3cccc(F)c3OC)C(=O)N[C@@H]3CC[C@H]43)c2n1. The lowest BCUT2D eigenvalue weighted by Crippen LogP contribution is -2.49. The molecule has 0 bridgehead atoms. The minimum absolute atomic E-state index is 0.0699. The number of aromatic nitrogens is 3. The summed E-state index contributed by atoms with van der Waals surface area (Å²) >= 11 is 0. The Labute approximate surface area is 194 Å². The molecule has 4 heterocycles. The van der Waals surface area contributed by atoms with Crippen LogP contribution in [0.3, 0.4) is 0 Å². The minimum atomic E-state index is -0.497. The van der Waals surface area contributed by atoms with Crippen LogP contribution in [0.25, 0.3) is 22.3 Å². The molecule has 1 saturated carbocycles. The average Bonchev–Trinajstić information content (AvgIpc) is 3.19. The molecule has 1 aliphatic carbocycles. The van der Waals surface area contributed by atoms with Crippen LogP contribution in [0.4, 0.5) is 15.8 Å². The van der Waals surface area contributed by atoms with Crippen molar-refractivity contribution in [3.8, 4) is 22.9 Å². The van der Waals surface area contributed by atoms with Gasteiger partial charge in [0.25, 0.3) is 5.91 Å². The molecule has 1 fully saturated rings. The van der Waals surface area contributed by atoms with Crippen molar-refractivity contribution in [3.05, 3.63) is 59.7 Å². The standard InChI is InChI=1S/C25H22FN5O3/c1-33-18-9-8-16-20(30-18)13(10-11-27-16)22-23(28-17-5-3-4-14(26)24(17)34-2)19-21(31-22)12-6-7-15(12)29-25(19)32/h3-5,8-12,15,28,31H,6-7H2,1-2H3,(H,29,32)/t12-,15+/m0/s1. The van der Waals surface area contributed by atoms with Crippen LogP contribution in [0.15, 0.2) is 42.6 Å². The van der Waals surface area contributed by atoms with Gasteiger partial charge in [0.1, 0.15) is 5.52 Å². The van der Waals surface area contributed by atoms with E-state index in [0.29, 0.717) is 39.5 Å². The number of fused-ring (bicyclic) bond motifs is 4. The van der Waals surface area contributed by atoms with E-state index in [1.165, 1.54) is 13.2 Å². The molecule has 2 atom stereocenters. The maximum absolute atomic E-state index is 14.4. The van der Waals surface area contributed by atoms with Gasteiger partial charge in [0.05, 0.1) is 42.4 Å². The number of nitrogens with one attached hydrogen (secondary N) is 3. The van der Waals surface area contributed by atoms with E-state index in [1.54, 1.807) is 31.5 Å². The molecular weight excluding hydrogens is 437 g/mol. The second-order valence-corrected chi connectivity index (χ2v) is 8.45. The van der Waals surface area contributed by atoms with E-state index >= 15 is 0 Å². The number of para-hydroxylation sites is 1. The number of amides is 1. The number of rotatable bonds is 5. The van der Waals surface area contributed by atoms with Crippen molar-refractivity contribution in [2.45, 2.75) is 24.8 Å². The predicted octanol–water partition coefficient (Wildman–Crippen LogP) is 4.51. The molecule has 8 nitrogen and oxygen atoms in total. The van der Waals surface area contributed by atoms with Crippen molar-refractivity contribution in [1.82, 2.24) is 20.3 Å². The van der Waals surface area contributed by atoms with Gasteiger partial charge < -0.3 is 25.1 Å². The van der Waals surface area contributed by atoms with Crippen molar-refractivity contribution < 1.29 is 18.7 Å². The number of carbonyl (C=O) groups excluding carboxylic acids is 1. The summed E-state index contributed by atoms with van der Waals surface area (Å²) in [6.07, 6.45) is 3.62. The molecule has 9 heteroatoms. The van der Waals surface area contributed by atoms with Crippen molar-refractivity contribution >= 4 is 28.3 Å². The highest BCUT2D eigenvalue weighted by atomic mass is 19.1. The third-order valence-corrected chi connectivity index (χ3v) is 6.69. The molecule has 3 N–H and O–H groups in total. The fourth-order valence-electron chi connectivity index (χ4n) is 4.89. The Balaban J connectivity index is 1.60. The van der Waals surface area contributed by atoms with Gasteiger partial charge in [0.2, 0.25) is 5.88 Å². The lowest BCUT2D eigenvalue weighted by Gasteiger charge is -2.40. The van der Waals surface area contributed by atoms with E-state index in [-0.39, 0.29) is 23.6 Å². The second-order valence-electron chi connectivity index (χ2n) is 8.45. The molecule has 0 spiro atoms. The van der Waals surface area contributed by atoms with Crippen LogP contribution in [0.5, 0.6) is 11.6 Å². The summed E-state index contributed by atoms with van der Waals surface area (Å²) in [5.74, 6) is 0.0617. The Bertz CT molecular complexity index is 1450. The summed E-state index contributed by atoms with van der Waals surface area (Å²) in [6, 6.07) is 10.2. The number of pyridine rings is 2. The molecule has 6 rings (SSSR count). The van der Waals surface area contributed by atoms with Gasteiger partial charge in [-0.2, -0.15) is 0 Å². The third-order valence-electron chi connectivity index (χ3n) is 6.69. The highest BCUT2D eigenvalue weighted by molar-refractivity contribution is 6.08. The third kappa shape index (κ3) is 3.00. The number of ether oxygens (including phenoxy) is 2. The molecule has 0 unspecified atom stereocenters. The number of halogens is 1.